The number of rotatable bonds is 8. The molecule has 0 bridgehead atoms. The minimum atomic E-state index is -0.373. The normalized spacial score (nSPS) is 26.1. The first kappa shape index (κ1) is 15.5. The van der Waals surface area contributed by atoms with Gasteiger partial charge in [-0.3, -0.25) is 5.32 Å². The van der Waals surface area contributed by atoms with Crippen LogP contribution in [0.2, 0.25) is 0 Å². The van der Waals surface area contributed by atoms with Gasteiger partial charge in [0.15, 0.2) is 0 Å². The van der Waals surface area contributed by atoms with Crippen LogP contribution in [-0.4, -0.2) is 36.6 Å². The highest BCUT2D eigenvalue weighted by Crippen LogP contribution is 2.37. The van der Waals surface area contributed by atoms with Crippen LogP contribution in [0.15, 0.2) is 0 Å². The molecule has 3 unspecified atom stereocenters. The molecule has 18 heavy (non-hydrogen) atoms. The Hall–Kier alpha value is -0.590. The van der Waals surface area contributed by atoms with Gasteiger partial charge in [0.25, 0.3) is 0 Å². The summed E-state index contributed by atoms with van der Waals surface area (Å²) in [5, 5.41) is 12.6. The maximum Gasteiger partial charge on any atom is 0.104 e. The van der Waals surface area contributed by atoms with Crippen LogP contribution in [0.1, 0.15) is 47.0 Å². The Kier molecular flexibility index (Phi) is 5.62. The Labute approximate surface area is 113 Å². The van der Waals surface area contributed by atoms with Crippen molar-refractivity contribution in [2.24, 2.45) is 11.8 Å². The van der Waals surface area contributed by atoms with Crippen LogP contribution in [-0.2, 0) is 0 Å². The molecule has 0 spiro atoms. The lowest BCUT2D eigenvalue weighted by atomic mass is 9.96. The monoisotopic (exact) mass is 251 g/mol. The van der Waals surface area contributed by atoms with Crippen LogP contribution in [0.5, 0.6) is 0 Å². The van der Waals surface area contributed by atoms with E-state index in [2.05, 4.69) is 44.1 Å². The Bertz CT molecular complexity index is 295. The summed E-state index contributed by atoms with van der Waals surface area (Å²) in [7, 11) is 2.20. The van der Waals surface area contributed by atoms with Crippen LogP contribution < -0.4 is 5.32 Å². The number of hydrogen-bond acceptors (Lipinski definition) is 3. The first-order valence-corrected chi connectivity index (χ1v) is 7.24. The van der Waals surface area contributed by atoms with E-state index in [4.69, 9.17) is 0 Å². The molecule has 3 atom stereocenters. The molecule has 1 aliphatic rings. The van der Waals surface area contributed by atoms with Crippen molar-refractivity contribution in [3.63, 3.8) is 0 Å². The Morgan fingerprint density at radius 3 is 2.56 bits per heavy atom. The maximum absolute atomic E-state index is 9.26. The number of hydrogen-bond donors (Lipinski definition) is 1. The van der Waals surface area contributed by atoms with E-state index in [0.717, 1.165) is 31.2 Å². The largest absolute Gasteiger partial charge is 0.306 e. The van der Waals surface area contributed by atoms with Gasteiger partial charge in [-0.2, -0.15) is 5.26 Å². The third kappa shape index (κ3) is 5.37. The molecule has 1 N–H and O–H groups in total. The second-order valence-electron chi connectivity index (χ2n) is 6.58. The van der Waals surface area contributed by atoms with E-state index in [0.29, 0.717) is 6.04 Å². The van der Waals surface area contributed by atoms with Crippen LogP contribution in [0, 0.1) is 23.2 Å². The summed E-state index contributed by atoms with van der Waals surface area (Å²) in [4.78, 5) is 2.42. The van der Waals surface area contributed by atoms with E-state index in [1.165, 1.54) is 13.0 Å². The second-order valence-corrected chi connectivity index (χ2v) is 6.58. The molecule has 0 aromatic heterocycles. The van der Waals surface area contributed by atoms with Crippen LogP contribution in [0.3, 0.4) is 0 Å². The fourth-order valence-electron chi connectivity index (χ4n) is 2.65. The third-order valence-electron chi connectivity index (χ3n) is 3.89. The maximum atomic E-state index is 9.26. The number of nitriles is 1. The lowest BCUT2D eigenvalue weighted by Gasteiger charge is -2.27. The molecule has 0 amide bonds. The van der Waals surface area contributed by atoms with E-state index in [9.17, 15) is 5.26 Å². The first-order chi connectivity index (χ1) is 8.36. The molecule has 0 radical (unpaired) electrons. The standard InChI is InChI=1S/C15H29N3/c1-12(2)17-15(4,11-16)7-6-8-18(5)10-14-9-13(14)3/h12-14,17H,6-10H2,1-5H3. The average Bonchev–Trinajstić information content (AvgIpc) is 2.93. The van der Waals surface area contributed by atoms with Crippen LogP contribution in [0.4, 0.5) is 0 Å². The molecule has 104 valence electrons. The molecule has 0 heterocycles. The van der Waals surface area contributed by atoms with Gasteiger partial charge >= 0.3 is 0 Å². The molecule has 1 saturated carbocycles. The minimum absolute atomic E-state index is 0.361. The summed E-state index contributed by atoms with van der Waals surface area (Å²) in [6, 6.07) is 2.77. The lowest BCUT2D eigenvalue weighted by molar-refractivity contribution is 0.286. The SMILES string of the molecule is CC(C)NC(C)(C#N)CCCN(C)CC1CC1C. The van der Waals surface area contributed by atoms with Crippen molar-refractivity contribution in [1.82, 2.24) is 10.2 Å². The molecule has 1 rings (SSSR count). The van der Waals surface area contributed by atoms with E-state index >= 15 is 0 Å². The average molecular weight is 251 g/mol. The Balaban J connectivity index is 2.20. The number of nitrogens with one attached hydrogen (secondary N) is 1. The Morgan fingerprint density at radius 2 is 2.11 bits per heavy atom. The van der Waals surface area contributed by atoms with Crippen molar-refractivity contribution < 1.29 is 0 Å². The summed E-state index contributed by atoms with van der Waals surface area (Å²) < 4.78 is 0. The molecule has 1 aliphatic carbocycles. The summed E-state index contributed by atoms with van der Waals surface area (Å²) in [6.07, 6.45) is 3.41. The van der Waals surface area contributed by atoms with Gasteiger partial charge in [-0.1, -0.05) is 6.92 Å². The Morgan fingerprint density at radius 1 is 1.50 bits per heavy atom. The summed E-state index contributed by atoms with van der Waals surface area (Å²) in [5.41, 5.74) is -0.373. The number of nitrogens with zero attached hydrogens (tertiary/aromatic N) is 2. The highest BCUT2D eigenvalue weighted by molar-refractivity contribution is 5.04. The third-order valence-corrected chi connectivity index (χ3v) is 3.89. The topological polar surface area (TPSA) is 39.1 Å². The smallest absolute Gasteiger partial charge is 0.104 e. The molecule has 0 aliphatic heterocycles. The van der Waals surface area contributed by atoms with Crippen LogP contribution >= 0.6 is 0 Å². The lowest BCUT2D eigenvalue weighted by Crippen LogP contribution is -2.45. The first-order valence-electron chi connectivity index (χ1n) is 7.24. The van der Waals surface area contributed by atoms with Gasteiger partial charge in [0.05, 0.1) is 6.07 Å². The van der Waals surface area contributed by atoms with E-state index in [1.807, 2.05) is 6.92 Å². The zero-order valence-electron chi connectivity index (χ0n) is 12.7. The van der Waals surface area contributed by atoms with Crippen molar-refractivity contribution in [3.8, 4) is 6.07 Å². The minimum Gasteiger partial charge on any atom is -0.306 e. The van der Waals surface area contributed by atoms with Crippen molar-refractivity contribution in [3.05, 3.63) is 0 Å². The van der Waals surface area contributed by atoms with Gasteiger partial charge in [-0.05, 0) is 65.5 Å². The molecule has 3 heteroatoms. The summed E-state index contributed by atoms with van der Waals surface area (Å²) in [6.45, 7) is 10.8. The van der Waals surface area contributed by atoms with Gasteiger partial charge < -0.3 is 4.90 Å². The predicted octanol–water partition coefficient (Wildman–Crippen LogP) is 2.63. The summed E-state index contributed by atoms with van der Waals surface area (Å²) in [5.74, 6) is 1.85. The van der Waals surface area contributed by atoms with Gasteiger partial charge in [0, 0.05) is 12.6 Å². The fourth-order valence-corrected chi connectivity index (χ4v) is 2.65. The van der Waals surface area contributed by atoms with E-state index < -0.39 is 0 Å². The van der Waals surface area contributed by atoms with Gasteiger partial charge in [0.1, 0.15) is 5.54 Å². The second kappa shape index (κ2) is 6.54. The quantitative estimate of drug-likeness (QED) is 0.721. The zero-order chi connectivity index (χ0) is 13.8. The van der Waals surface area contributed by atoms with Gasteiger partial charge in [-0.25, -0.2) is 0 Å². The van der Waals surface area contributed by atoms with E-state index in [-0.39, 0.29) is 5.54 Å². The van der Waals surface area contributed by atoms with Crippen molar-refractivity contribution in [2.75, 3.05) is 20.1 Å². The molecular formula is C15H29N3. The van der Waals surface area contributed by atoms with E-state index in [1.54, 1.807) is 0 Å². The van der Waals surface area contributed by atoms with Crippen molar-refractivity contribution in [1.29, 1.82) is 5.26 Å². The molecule has 0 aromatic rings. The molecular weight excluding hydrogens is 222 g/mol. The summed E-state index contributed by atoms with van der Waals surface area (Å²) >= 11 is 0. The van der Waals surface area contributed by atoms with Crippen molar-refractivity contribution in [2.45, 2.75) is 58.5 Å². The van der Waals surface area contributed by atoms with Crippen LogP contribution in [0.25, 0.3) is 0 Å². The molecule has 0 aromatic carbocycles. The predicted molar refractivity (Wildman–Crippen MR) is 76.3 cm³/mol. The molecule has 1 fully saturated rings. The van der Waals surface area contributed by atoms with Gasteiger partial charge in [-0.15, -0.1) is 0 Å². The zero-order valence-corrected chi connectivity index (χ0v) is 12.7. The highest BCUT2D eigenvalue weighted by atomic mass is 15.1. The van der Waals surface area contributed by atoms with Crippen molar-refractivity contribution >= 4 is 0 Å². The molecule has 3 nitrogen and oxygen atoms in total. The fraction of sp³-hybridized carbons (Fsp3) is 0.933. The van der Waals surface area contributed by atoms with Gasteiger partial charge in [0.2, 0.25) is 0 Å². The molecule has 0 saturated heterocycles. The highest BCUT2D eigenvalue weighted by Gasteiger charge is 2.33.